The zero-order chi connectivity index (χ0) is 15.2. The number of rotatable bonds is 6. The molecule has 1 fully saturated rings. The Morgan fingerprint density at radius 3 is 2.90 bits per heavy atom. The first-order valence-corrected chi connectivity index (χ1v) is 7.73. The van der Waals surface area contributed by atoms with Crippen LogP contribution in [0.1, 0.15) is 43.5 Å². The van der Waals surface area contributed by atoms with Gasteiger partial charge in [-0.05, 0) is 45.4 Å². The number of carbonyl (C=O) groups is 1. The van der Waals surface area contributed by atoms with Gasteiger partial charge in [0.25, 0.3) is 0 Å². The Morgan fingerprint density at radius 1 is 1.43 bits per heavy atom. The number of ether oxygens (including phenoxy) is 1. The number of aliphatic hydroxyl groups excluding tert-OH is 1. The van der Waals surface area contributed by atoms with E-state index in [9.17, 15) is 9.90 Å². The van der Waals surface area contributed by atoms with E-state index in [2.05, 4.69) is 11.8 Å². The van der Waals surface area contributed by atoms with E-state index in [1.807, 2.05) is 12.1 Å². The molecule has 4 heteroatoms. The lowest BCUT2D eigenvalue weighted by Crippen LogP contribution is -2.43. The first-order chi connectivity index (χ1) is 10.1. The standard InChI is InChI=1S/C17H25NO3/c1-13-7-5-6-10-18(13)11-15(20)12-21-17-9-4-3-8-16(17)14(2)19/h3-4,8-9,13,15,20H,5-7,10-12H2,1-2H3/t13-,15+/m1/s1. The van der Waals surface area contributed by atoms with Crippen LogP contribution in [0, 0.1) is 0 Å². The van der Waals surface area contributed by atoms with Gasteiger partial charge in [-0.25, -0.2) is 0 Å². The van der Waals surface area contributed by atoms with Gasteiger partial charge in [-0.1, -0.05) is 18.6 Å². The largest absolute Gasteiger partial charge is 0.490 e. The molecular formula is C17H25NO3. The SMILES string of the molecule is CC(=O)c1ccccc1OC[C@@H](O)CN1CCCC[C@H]1C. The van der Waals surface area contributed by atoms with Crippen LogP contribution < -0.4 is 4.74 Å². The Labute approximate surface area is 126 Å². The number of benzene rings is 1. The maximum absolute atomic E-state index is 11.5. The Bertz CT molecular complexity index is 475. The molecule has 21 heavy (non-hydrogen) atoms. The molecule has 1 N–H and O–H groups in total. The molecule has 0 aromatic heterocycles. The van der Waals surface area contributed by atoms with Gasteiger partial charge in [0.1, 0.15) is 18.5 Å². The molecule has 0 radical (unpaired) electrons. The van der Waals surface area contributed by atoms with Crippen LogP contribution in [0.25, 0.3) is 0 Å². The summed E-state index contributed by atoms with van der Waals surface area (Å²) in [6, 6.07) is 7.69. The summed E-state index contributed by atoms with van der Waals surface area (Å²) in [5.41, 5.74) is 0.566. The predicted octanol–water partition coefficient (Wildman–Crippen LogP) is 2.50. The van der Waals surface area contributed by atoms with Crippen molar-refractivity contribution < 1.29 is 14.6 Å². The van der Waals surface area contributed by atoms with Gasteiger partial charge in [0.2, 0.25) is 0 Å². The molecule has 1 heterocycles. The lowest BCUT2D eigenvalue weighted by Gasteiger charge is -2.34. The van der Waals surface area contributed by atoms with Crippen LogP contribution in [0.2, 0.25) is 0 Å². The average Bonchev–Trinajstić information content (AvgIpc) is 2.48. The van der Waals surface area contributed by atoms with Gasteiger partial charge in [-0.3, -0.25) is 9.69 Å². The van der Waals surface area contributed by atoms with Crippen molar-refractivity contribution in [3.63, 3.8) is 0 Å². The zero-order valence-corrected chi connectivity index (χ0v) is 12.9. The van der Waals surface area contributed by atoms with Gasteiger partial charge in [0.05, 0.1) is 5.56 Å². The van der Waals surface area contributed by atoms with Crippen molar-refractivity contribution in [2.24, 2.45) is 0 Å². The highest BCUT2D eigenvalue weighted by molar-refractivity contribution is 5.96. The Morgan fingerprint density at radius 2 is 2.19 bits per heavy atom. The van der Waals surface area contributed by atoms with E-state index in [0.29, 0.717) is 23.9 Å². The van der Waals surface area contributed by atoms with Gasteiger partial charge in [-0.2, -0.15) is 0 Å². The minimum Gasteiger partial charge on any atom is -0.490 e. The number of hydrogen-bond acceptors (Lipinski definition) is 4. The van der Waals surface area contributed by atoms with Crippen molar-refractivity contribution in [3.05, 3.63) is 29.8 Å². The fourth-order valence-corrected chi connectivity index (χ4v) is 2.82. The quantitative estimate of drug-likeness (QED) is 0.818. The van der Waals surface area contributed by atoms with Crippen molar-refractivity contribution in [1.82, 2.24) is 4.90 Å². The van der Waals surface area contributed by atoms with Gasteiger partial charge >= 0.3 is 0 Å². The van der Waals surface area contributed by atoms with Crippen LogP contribution in [0.15, 0.2) is 24.3 Å². The van der Waals surface area contributed by atoms with Crippen LogP contribution in [-0.4, -0.2) is 47.6 Å². The van der Waals surface area contributed by atoms with Crippen molar-refractivity contribution in [2.75, 3.05) is 19.7 Å². The van der Waals surface area contributed by atoms with E-state index in [4.69, 9.17) is 4.74 Å². The number of nitrogens with zero attached hydrogens (tertiary/aromatic N) is 1. The summed E-state index contributed by atoms with van der Waals surface area (Å²) in [7, 11) is 0. The second-order valence-electron chi connectivity index (χ2n) is 5.86. The summed E-state index contributed by atoms with van der Waals surface area (Å²) in [5.74, 6) is 0.528. The molecule has 0 aliphatic carbocycles. The summed E-state index contributed by atoms with van der Waals surface area (Å²) < 4.78 is 5.64. The highest BCUT2D eigenvalue weighted by atomic mass is 16.5. The molecule has 1 saturated heterocycles. The number of piperidine rings is 1. The molecule has 1 aromatic carbocycles. The molecule has 4 nitrogen and oxygen atoms in total. The van der Waals surface area contributed by atoms with Crippen molar-refractivity contribution in [2.45, 2.75) is 45.3 Å². The topological polar surface area (TPSA) is 49.8 Å². The normalized spacial score (nSPS) is 21.0. The lowest BCUT2D eigenvalue weighted by molar-refractivity contribution is 0.0435. The molecule has 0 bridgehead atoms. The molecule has 2 atom stereocenters. The first-order valence-electron chi connectivity index (χ1n) is 7.73. The summed E-state index contributed by atoms with van der Waals surface area (Å²) in [6.07, 6.45) is 3.13. The molecule has 0 saturated carbocycles. The van der Waals surface area contributed by atoms with Gasteiger partial charge in [0, 0.05) is 12.6 Å². The fourth-order valence-electron chi connectivity index (χ4n) is 2.82. The van der Waals surface area contributed by atoms with E-state index >= 15 is 0 Å². The third kappa shape index (κ3) is 4.55. The number of likely N-dealkylation sites (tertiary alicyclic amines) is 1. The fraction of sp³-hybridized carbons (Fsp3) is 0.588. The highest BCUT2D eigenvalue weighted by Gasteiger charge is 2.21. The monoisotopic (exact) mass is 291 g/mol. The molecule has 1 aliphatic heterocycles. The third-order valence-corrected chi connectivity index (χ3v) is 4.08. The lowest BCUT2D eigenvalue weighted by atomic mass is 10.0. The van der Waals surface area contributed by atoms with Gasteiger partial charge in [0.15, 0.2) is 5.78 Å². The number of β-amino-alcohol motifs (C(OH)–C–C–N with tert-alkyl or cyclic N) is 1. The van der Waals surface area contributed by atoms with Crippen LogP contribution in [-0.2, 0) is 0 Å². The third-order valence-electron chi connectivity index (χ3n) is 4.08. The second-order valence-corrected chi connectivity index (χ2v) is 5.86. The van der Waals surface area contributed by atoms with E-state index in [1.54, 1.807) is 12.1 Å². The van der Waals surface area contributed by atoms with Crippen molar-refractivity contribution in [3.8, 4) is 5.75 Å². The Balaban J connectivity index is 1.86. The first kappa shape index (κ1) is 16.0. The summed E-state index contributed by atoms with van der Waals surface area (Å²) >= 11 is 0. The number of hydrogen-bond donors (Lipinski definition) is 1. The highest BCUT2D eigenvalue weighted by Crippen LogP contribution is 2.19. The van der Waals surface area contributed by atoms with Crippen LogP contribution >= 0.6 is 0 Å². The molecule has 2 rings (SSSR count). The molecule has 116 valence electrons. The Kier molecular flexibility index (Phi) is 5.76. The van der Waals surface area contributed by atoms with E-state index in [1.165, 1.54) is 26.2 Å². The van der Waals surface area contributed by atoms with Gasteiger partial charge in [-0.15, -0.1) is 0 Å². The maximum atomic E-state index is 11.5. The summed E-state index contributed by atoms with van der Waals surface area (Å²) in [5, 5.41) is 10.2. The molecule has 0 amide bonds. The van der Waals surface area contributed by atoms with Gasteiger partial charge < -0.3 is 9.84 Å². The smallest absolute Gasteiger partial charge is 0.163 e. The van der Waals surface area contributed by atoms with E-state index < -0.39 is 6.10 Å². The van der Waals surface area contributed by atoms with Crippen molar-refractivity contribution >= 4 is 5.78 Å². The molecule has 1 aliphatic rings. The second kappa shape index (κ2) is 7.57. The summed E-state index contributed by atoms with van der Waals surface area (Å²) in [4.78, 5) is 13.8. The Hall–Kier alpha value is -1.39. The minimum atomic E-state index is -0.537. The van der Waals surface area contributed by atoms with Crippen LogP contribution in [0.5, 0.6) is 5.75 Å². The zero-order valence-electron chi connectivity index (χ0n) is 12.9. The molecule has 0 spiro atoms. The maximum Gasteiger partial charge on any atom is 0.163 e. The van der Waals surface area contributed by atoms with Crippen LogP contribution in [0.3, 0.4) is 0 Å². The number of ketones is 1. The summed E-state index contributed by atoms with van der Waals surface area (Å²) in [6.45, 7) is 5.62. The number of carbonyl (C=O) groups excluding carboxylic acids is 1. The van der Waals surface area contributed by atoms with E-state index in [0.717, 1.165) is 6.54 Å². The number of Topliss-reactive ketones (excluding diaryl/α,β-unsaturated/α-hetero) is 1. The number of para-hydroxylation sites is 1. The van der Waals surface area contributed by atoms with E-state index in [-0.39, 0.29) is 12.4 Å². The van der Waals surface area contributed by atoms with Crippen LogP contribution in [0.4, 0.5) is 0 Å². The average molecular weight is 291 g/mol. The number of aliphatic hydroxyl groups is 1. The molecule has 0 unspecified atom stereocenters. The predicted molar refractivity (Wildman–Crippen MR) is 82.8 cm³/mol. The molecule has 1 aromatic rings. The minimum absolute atomic E-state index is 0.0234. The molecular weight excluding hydrogens is 266 g/mol. The van der Waals surface area contributed by atoms with Crippen molar-refractivity contribution in [1.29, 1.82) is 0 Å².